The van der Waals surface area contributed by atoms with E-state index in [0.717, 1.165) is 0 Å². The van der Waals surface area contributed by atoms with Crippen LogP contribution in [0.4, 0.5) is 0 Å². The molecule has 0 amide bonds. The minimum absolute atomic E-state index is 0.0171. The van der Waals surface area contributed by atoms with E-state index in [1.807, 2.05) is 20.8 Å². The van der Waals surface area contributed by atoms with Gasteiger partial charge in [0.15, 0.2) is 6.29 Å². The first kappa shape index (κ1) is 11.6. The van der Waals surface area contributed by atoms with Crippen LogP contribution in [0.15, 0.2) is 0 Å². The van der Waals surface area contributed by atoms with Gasteiger partial charge in [0.25, 0.3) is 0 Å². The van der Waals surface area contributed by atoms with Gasteiger partial charge in [0.1, 0.15) is 5.78 Å². The fourth-order valence-corrected chi connectivity index (χ4v) is 0.716. The van der Waals surface area contributed by atoms with Crippen molar-refractivity contribution in [2.24, 2.45) is 5.41 Å². The van der Waals surface area contributed by atoms with Gasteiger partial charge in [-0.1, -0.05) is 20.8 Å². The van der Waals surface area contributed by atoms with Crippen LogP contribution >= 0.6 is 0 Å². The summed E-state index contributed by atoms with van der Waals surface area (Å²) in [5, 5.41) is 9.14. The standard InChI is InChI=1S/C9H18O3/c1-5-12-8(11)6-7(10)9(2,3)4/h8,11H,5-6H2,1-4H3. The van der Waals surface area contributed by atoms with Crippen molar-refractivity contribution in [2.45, 2.75) is 40.4 Å². The minimum Gasteiger partial charge on any atom is -0.368 e. The zero-order valence-electron chi connectivity index (χ0n) is 8.26. The summed E-state index contributed by atoms with van der Waals surface area (Å²) in [6.45, 7) is 7.69. The fraction of sp³-hybridized carbons (Fsp3) is 0.889. The van der Waals surface area contributed by atoms with Crippen LogP contribution in [0.2, 0.25) is 0 Å². The minimum atomic E-state index is -0.943. The van der Waals surface area contributed by atoms with Crippen molar-refractivity contribution in [3.63, 3.8) is 0 Å². The normalized spacial score (nSPS) is 14.4. The number of hydrogen-bond acceptors (Lipinski definition) is 3. The molecule has 12 heavy (non-hydrogen) atoms. The number of Topliss-reactive ketones (excluding diaryl/α,β-unsaturated/α-hetero) is 1. The van der Waals surface area contributed by atoms with E-state index >= 15 is 0 Å². The van der Waals surface area contributed by atoms with Crippen LogP contribution in [-0.4, -0.2) is 23.8 Å². The van der Waals surface area contributed by atoms with E-state index in [1.54, 1.807) is 6.92 Å². The second-order valence-corrected chi connectivity index (χ2v) is 3.79. The number of aliphatic hydroxyl groups is 1. The zero-order chi connectivity index (χ0) is 9.78. The Kier molecular flexibility index (Phi) is 4.42. The first-order valence-corrected chi connectivity index (χ1v) is 4.21. The highest BCUT2D eigenvalue weighted by molar-refractivity contribution is 5.83. The predicted molar refractivity (Wildman–Crippen MR) is 46.7 cm³/mol. The molecule has 3 heteroatoms. The van der Waals surface area contributed by atoms with Gasteiger partial charge in [-0.25, -0.2) is 0 Å². The zero-order valence-corrected chi connectivity index (χ0v) is 8.26. The number of ketones is 1. The molecule has 0 heterocycles. The number of rotatable bonds is 4. The topological polar surface area (TPSA) is 46.5 Å². The SMILES string of the molecule is CCOC(O)CC(=O)C(C)(C)C. The summed E-state index contributed by atoms with van der Waals surface area (Å²) in [6, 6.07) is 0. The summed E-state index contributed by atoms with van der Waals surface area (Å²) in [5.41, 5.74) is -0.391. The highest BCUT2D eigenvalue weighted by atomic mass is 16.6. The molecule has 1 unspecified atom stereocenters. The number of carbonyl (C=O) groups excluding carboxylic acids is 1. The molecule has 0 aliphatic heterocycles. The molecule has 0 spiro atoms. The molecule has 0 aromatic carbocycles. The van der Waals surface area contributed by atoms with Gasteiger partial charge in [0.05, 0.1) is 6.42 Å². The molecule has 0 aromatic rings. The van der Waals surface area contributed by atoms with E-state index in [0.29, 0.717) is 6.61 Å². The van der Waals surface area contributed by atoms with Crippen LogP contribution in [0.25, 0.3) is 0 Å². The Balaban J connectivity index is 3.85. The van der Waals surface area contributed by atoms with E-state index in [1.165, 1.54) is 0 Å². The van der Waals surface area contributed by atoms with E-state index in [2.05, 4.69) is 0 Å². The maximum absolute atomic E-state index is 11.3. The Bertz CT molecular complexity index is 146. The average molecular weight is 174 g/mol. The van der Waals surface area contributed by atoms with Crippen LogP contribution in [0.1, 0.15) is 34.1 Å². The van der Waals surface area contributed by atoms with Crippen molar-refractivity contribution < 1.29 is 14.6 Å². The Morgan fingerprint density at radius 1 is 1.50 bits per heavy atom. The van der Waals surface area contributed by atoms with Crippen molar-refractivity contribution in [1.82, 2.24) is 0 Å². The molecule has 0 fully saturated rings. The summed E-state index contributed by atoms with van der Waals surface area (Å²) >= 11 is 0. The van der Waals surface area contributed by atoms with E-state index in [9.17, 15) is 4.79 Å². The molecule has 0 aliphatic rings. The van der Waals surface area contributed by atoms with Gasteiger partial charge in [-0.3, -0.25) is 4.79 Å². The number of aliphatic hydroxyl groups excluding tert-OH is 1. The number of ether oxygens (including phenoxy) is 1. The quantitative estimate of drug-likeness (QED) is 0.654. The first-order valence-electron chi connectivity index (χ1n) is 4.21. The van der Waals surface area contributed by atoms with Crippen LogP contribution < -0.4 is 0 Å². The van der Waals surface area contributed by atoms with Crippen LogP contribution in [0.3, 0.4) is 0 Å². The van der Waals surface area contributed by atoms with Gasteiger partial charge in [0.2, 0.25) is 0 Å². The predicted octanol–water partition coefficient (Wildman–Crippen LogP) is 1.35. The molecule has 1 atom stereocenters. The molecular formula is C9H18O3. The van der Waals surface area contributed by atoms with Crippen molar-refractivity contribution in [3.8, 4) is 0 Å². The van der Waals surface area contributed by atoms with E-state index in [-0.39, 0.29) is 12.2 Å². The lowest BCUT2D eigenvalue weighted by molar-refractivity contribution is -0.141. The molecule has 0 aromatic heterocycles. The second-order valence-electron chi connectivity index (χ2n) is 3.79. The second kappa shape index (κ2) is 4.58. The third-order valence-corrected chi connectivity index (χ3v) is 1.56. The third-order valence-electron chi connectivity index (χ3n) is 1.56. The highest BCUT2D eigenvalue weighted by Gasteiger charge is 2.23. The van der Waals surface area contributed by atoms with Gasteiger partial charge < -0.3 is 9.84 Å². The average Bonchev–Trinajstić information content (AvgIpc) is 1.85. The van der Waals surface area contributed by atoms with Gasteiger partial charge in [-0.05, 0) is 6.92 Å². The van der Waals surface area contributed by atoms with Gasteiger partial charge in [-0.2, -0.15) is 0 Å². The van der Waals surface area contributed by atoms with Gasteiger partial charge in [0, 0.05) is 12.0 Å². The van der Waals surface area contributed by atoms with Crippen molar-refractivity contribution >= 4 is 5.78 Å². The summed E-state index contributed by atoms with van der Waals surface area (Å²) in [5.74, 6) is 0.0171. The molecule has 0 aliphatic carbocycles. The van der Waals surface area contributed by atoms with Crippen molar-refractivity contribution in [2.75, 3.05) is 6.61 Å². The summed E-state index contributed by atoms with van der Waals surface area (Å²) in [4.78, 5) is 11.3. The van der Waals surface area contributed by atoms with E-state index in [4.69, 9.17) is 9.84 Å². The molecule has 0 radical (unpaired) electrons. The molecule has 0 bridgehead atoms. The lowest BCUT2D eigenvalue weighted by Gasteiger charge is -2.18. The molecular weight excluding hydrogens is 156 g/mol. The lowest BCUT2D eigenvalue weighted by Crippen LogP contribution is -2.26. The van der Waals surface area contributed by atoms with Crippen LogP contribution in [-0.2, 0) is 9.53 Å². The number of carbonyl (C=O) groups is 1. The molecule has 72 valence electrons. The summed E-state index contributed by atoms with van der Waals surface area (Å²) in [6.07, 6.45) is -0.862. The Hall–Kier alpha value is -0.410. The van der Waals surface area contributed by atoms with E-state index < -0.39 is 11.7 Å². The van der Waals surface area contributed by atoms with Gasteiger partial charge >= 0.3 is 0 Å². The largest absolute Gasteiger partial charge is 0.368 e. The molecule has 0 saturated carbocycles. The van der Waals surface area contributed by atoms with Crippen molar-refractivity contribution in [3.05, 3.63) is 0 Å². The van der Waals surface area contributed by atoms with Crippen LogP contribution in [0, 0.1) is 5.41 Å². The maximum Gasteiger partial charge on any atom is 0.161 e. The molecule has 0 rings (SSSR count). The number of hydrogen-bond donors (Lipinski definition) is 1. The Labute approximate surface area is 73.7 Å². The smallest absolute Gasteiger partial charge is 0.161 e. The molecule has 1 N–H and O–H groups in total. The summed E-state index contributed by atoms with van der Waals surface area (Å²) in [7, 11) is 0. The fourth-order valence-electron chi connectivity index (χ4n) is 0.716. The van der Waals surface area contributed by atoms with Crippen molar-refractivity contribution in [1.29, 1.82) is 0 Å². The first-order chi connectivity index (χ1) is 5.38. The van der Waals surface area contributed by atoms with Gasteiger partial charge in [-0.15, -0.1) is 0 Å². The van der Waals surface area contributed by atoms with Crippen LogP contribution in [0.5, 0.6) is 0 Å². The molecule has 3 nitrogen and oxygen atoms in total. The maximum atomic E-state index is 11.3. The lowest BCUT2D eigenvalue weighted by atomic mass is 9.89. The Morgan fingerprint density at radius 2 is 2.00 bits per heavy atom. The third kappa shape index (κ3) is 4.46. The monoisotopic (exact) mass is 174 g/mol. The Morgan fingerprint density at radius 3 is 2.33 bits per heavy atom. The molecule has 0 saturated heterocycles. The highest BCUT2D eigenvalue weighted by Crippen LogP contribution is 2.17. The summed E-state index contributed by atoms with van der Waals surface area (Å²) < 4.78 is 4.84.